The van der Waals surface area contributed by atoms with Crippen molar-refractivity contribution in [2.24, 2.45) is 5.41 Å². The Labute approximate surface area is 178 Å². The number of phenolic OH excluding ortho intramolecular Hbond substituents is 2. The first-order valence-electron chi connectivity index (χ1n) is 9.09. The second-order valence-corrected chi connectivity index (χ2v) is 10.8. The summed E-state index contributed by atoms with van der Waals surface area (Å²) in [7, 11) is -3.93. The molecule has 0 radical (unpaired) electrons. The van der Waals surface area contributed by atoms with Crippen molar-refractivity contribution in [1.82, 2.24) is 9.71 Å². The van der Waals surface area contributed by atoms with E-state index in [1.165, 1.54) is 24.3 Å². The fourth-order valence-electron chi connectivity index (χ4n) is 2.75. The zero-order chi connectivity index (χ0) is 22.3. The van der Waals surface area contributed by atoms with Crippen LogP contribution in [0.4, 0.5) is 5.13 Å². The van der Waals surface area contributed by atoms with Crippen molar-refractivity contribution in [1.29, 1.82) is 0 Å². The number of amides is 1. The minimum absolute atomic E-state index is 0.0705. The predicted octanol–water partition coefficient (Wildman–Crippen LogP) is 3.35. The maximum absolute atomic E-state index is 13.0. The van der Waals surface area contributed by atoms with E-state index in [1.54, 1.807) is 32.9 Å². The number of nitrogens with one attached hydrogen (secondary N) is 2. The Kier molecular flexibility index (Phi) is 5.76. The van der Waals surface area contributed by atoms with E-state index in [1.807, 2.05) is 6.92 Å². The minimum atomic E-state index is -3.93. The number of rotatable bonds is 5. The molecule has 0 aliphatic heterocycles. The number of aryl methyl sites for hydroxylation is 1. The maximum Gasteiger partial charge on any atom is 0.244 e. The van der Waals surface area contributed by atoms with Gasteiger partial charge in [-0.1, -0.05) is 49.8 Å². The van der Waals surface area contributed by atoms with Gasteiger partial charge in [0.25, 0.3) is 0 Å². The lowest BCUT2D eigenvalue weighted by molar-refractivity contribution is -0.119. The molecule has 3 aromatic rings. The van der Waals surface area contributed by atoms with Crippen molar-refractivity contribution in [3.05, 3.63) is 42.0 Å². The van der Waals surface area contributed by atoms with E-state index < -0.39 is 27.4 Å². The summed E-state index contributed by atoms with van der Waals surface area (Å²) in [5.74, 6) is -1.17. The van der Waals surface area contributed by atoms with Crippen molar-refractivity contribution < 1.29 is 23.4 Å². The van der Waals surface area contributed by atoms with Gasteiger partial charge in [-0.05, 0) is 24.5 Å². The molecule has 160 valence electrons. The number of hydrogen-bond donors (Lipinski definition) is 4. The first kappa shape index (κ1) is 22.0. The van der Waals surface area contributed by atoms with Gasteiger partial charge in [0.15, 0.2) is 16.6 Å². The van der Waals surface area contributed by atoms with Gasteiger partial charge >= 0.3 is 0 Å². The second-order valence-electron chi connectivity index (χ2n) is 8.05. The molecule has 0 saturated carbocycles. The topological polar surface area (TPSA) is 129 Å². The average Bonchev–Trinajstić information content (AvgIpc) is 3.00. The summed E-state index contributed by atoms with van der Waals surface area (Å²) in [4.78, 5) is 17.3. The molecule has 0 spiro atoms. The summed E-state index contributed by atoms with van der Waals surface area (Å²) in [5.41, 5.74) is 0.597. The van der Waals surface area contributed by atoms with E-state index in [4.69, 9.17) is 0 Å². The van der Waals surface area contributed by atoms with Gasteiger partial charge in [0, 0.05) is 12.1 Å². The van der Waals surface area contributed by atoms with Gasteiger partial charge in [-0.15, -0.1) is 0 Å². The van der Waals surface area contributed by atoms with E-state index in [0.717, 1.165) is 16.9 Å². The summed E-state index contributed by atoms with van der Waals surface area (Å²) in [6.07, 6.45) is 0. The molecule has 2 aromatic carbocycles. The molecule has 3 rings (SSSR count). The molecule has 0 aliphatic rings. The second kappa shape index (κ2) is 7.86. The molecule has 1 heterocycles. The Morgan fingerprint density at radius 3 is 2.30 bits per heavy atom. The van der Waals surface area contributed by atoms with E-state index in [0.29, 0.717) is 10.2 Å². The Morgan fingerprint density at radius 1 is 1.10 bits per heavy atom. The zero-order valence-corrected chi connectivity index (χ0v) is 18.6. The summed E-state index contributed by atoms with van der Waals surface area (Å²) < 4.78 is 28.7. The molecule has 0 bridgehead atoms. The normalized spacial score (nSPS) is 13.3. The number of sulfonamides is 1. The fourth-order valence-corrected chi connectivity index (χ4v) is 5.03. The number of aromatic hydroxyl groups is 2. The molecule has 0 saturated heterocycles. The van der Waals surface area contributed by atoms with Crippen LogP contribution < -0.4 is 10.0 Å². The number of thiazole rings is 1. The van der Waals surface area contributed by atoms with Crippen LogP contribution in [0.25, 0.3) is 10.2 Å². The average molecular weight is 450 g/mol. The number of anilines is 1. The van der Waals surface area contributed by atoms with Crippen molar-refractivity contribution in [3.63, 3.8) is 0 Å². The lowest BCUT2D eigenvalue weighted by atomic mass is 9.87. The lowest BCUT2D eigenvalue weighted by Gasteiger charge is -2.29. The minimum Gasteiger partial charge on any atom is -0.504 e. The number of carbonyl (C=O) groups excluding carboxylic acids is 1. The largest absolute Gasteiger partial charge is 0.504 e. The van der Waals surface area contributed by atoms with E-state index >= 15 is 0 Å². The van der Waals surface area contributed by atoms with E-state index in [2.05, 4.69) is 15.0 Å². The molecule has 0 fully saturated rings. The quantitative estimate of drug-likeness (QED) is 0.442. The SMILES string of the molecule is Cc1ccc(S(=O)(=O)N[C@H](C(=O)Nc2nc3cc(O)c(O)cc3s2)C(C)(C)C)cc1. The standard InChI is InChI=1S/C20H23N3O5S2/c1-11-5-7-12(8-6-11)30(27,28)23-17(20(2,3)4)18(26)22-19-21-13-9-14(24)15(25)10-16(13)29-19/h5-10,17,23-25H,1-4H3,(H,21,22,26)/t17-/m1/s1. The summed E-state index contributed by atoms with van der Waals surface area (Å²) in [5, 5.41) is 22.1. The van der Waals surface area contributed by atoms with Crippen LogP contribution in [0.2, 0.25) is 0 Å². The molecule has 0 unspecified atom stereocenters. The van der Waals surface area contributed by atoms with Crippen molar-refractivity contribution in [2.75, 3.05) is 5.32 Å². The molecule has 8 nitrogen and oxygen atoms in total. The highest BCUT2D eigenvalue weighted by Gasteiger charge is 2.35. The van der Waals surface area contributed by atoms with Crippen LogP contribution in [0.3, 0.4) is 0 Å². The number of benzene rings is 2. The van der Waals surface area contributed by atoms with Gasteiger partial charge < -0.3 is 15.5 Å². The van der Waals surface area contributed by atoms with Crippen LogP contribution in [0.5, 0.6) is 11.5 Å². The smallest absolute Gasteiger partial charge is 0.244 e. The molecule has 30 heavy (non-hydrogen) atoms. The van der Waals surface area contributed by atoms with E-state index in [-0.39, 0.29) is 21.5 Å². The lowest BCUT2D eigenvalue weighted by Crippen LogP contribution is -2.51. The predicted molar refractivity (Wildman–Crippen MR) is 116 cm³/mol. The van der Waals surface area contributed by atoms with Crippen LogP contribution in [-0.2, 0) is 14.8 Å². The van der Waals surface area contributed by atoms with Crippen LogP contribution in [0, 0.1) is 12.3 Å². The highest BCUT2D eigenvalue weighted by molar-refractivity contribution is 7.89. The Hall–Kier alpha value is -2.69. The monoisotopic (exact) mass is 449 g/mol. The molecule has 0 aliphatic carbocycles. The number of hydrogen-bond acceptors (Lipinski definition) is 7. The zero-order valence-electron chi connectivity index (χ0n) is 16.9. The molecule has 4 N–H and O–H groups in total. The first-order valence-corrected chi connectivity index (χ1v) is 11.4. The molecule has 1 amide bonds. The third-order valence-corrected chi connectivity index (χ3v) is 6.82. The van der Waals surface area contributed by atoms with Crippen LogP contribution in [0.15, 0.2) is 41.3 Å². The third-order valence-electron chi connectivity index (χ3n) is 4.45. The number of aromatic nitrogens is 1. The van der Waals surface area contributed by atoms with Crippen molar-refractivity contribution in [2.45, 2.75) is 38.6 Å². The summed E-state index contributed by atoms with van der Waals surface area (Å²) in [6.45, 7) is 7.11. The fraction of sp³-hybridized carbons (Fsp3) is 0.300. The van der Waals surface area contributed by atoms with E-state index in [9.17, 15) is 23.4 Å². The van der Waals surface area contributed by atoms with Gasteiger partial charge in [-0.3, -0.25) is 4.79 Å². The van der Waals surface area contributed by atoms with Crippen LogP contribution >= 0.6 is 11.3 Å². The first-order chi connectivity index (χ1) is 13.9. The third kappa shape index (κ3) is 4.72. The van der Waals surface area contributed by atoms with Crippen LogP contribution in [-0.4, -0.2) is 35.6 Å². The van der Waals surface area contributed by atoms with Gasteiger partial charge in [-0.2, -0.15) is 4.72 Å². The van der Waals surface area contributed by atoms with Gasteiger partial charge in [0.2, 0.25) is 15.9 Å². The number of nitrogens with zero attached hydrogens (tertiary/aromatic N) is 1. The Balaban J connectivity index is 1.87. The summed E-state index contributed by atoms with van der Waals surface area (Å²) >= 11 is 1.10. The highest BCUT2D eigenvalue weighted by Crippen LogP contribution is 2.35. The Bertz CT molecular complexity index is 1160. The molecule has 1 atom stereocenters. The highest BCUT2D eigenvalue weighted by atomic mass is 32.2. The number of carbonyl (C=O) groups is 1. The molecular formula is C20H23N3O5S2. The van der Waals surface area contributed by atoms with Gasteiger partial charge in [0.05, 0.1) is 15.1 Å². The molecule has 1 aromatic heterocycles. The van der Waals surface area contributed by atoms with Crippen LogP contribution in [0.1, 0.15) is 26.3 Å². The molecular weight excluding hydrogens is 426 g/mol. The maximum atomic E-state index is 13.0. The van der Waals surface area contributed by atoms with Gasteiger partial charge in [0.1, 0.15) is 6.04 Å². The summed E-state index contributed by atoms with van der Waals surface area (Å²) in [6, 6.07) is 7.91. The van der Waals surface area contributed by atoms with Gasteiger partial charge in [-0.25, -0.2) is 13.4 Å². The molecule has 10 heteroatoms. The Morgan fingerprint density at radius 2 is 1.70 bits per heavy atom. The van der Waals surface area contributed by atoms with Crippen molar-refractivity contribution >= 4 is 42.6 Å². The number of phenols is 2. The number of fused-ring (bicyclic) bond motifs is 1. The van der Waals surface area contributed by atoms with Crippen molar-refractivity contribution in [3.8, 4) is 11.5 Å².